The first-order valence-electron chi connectivity index (χ1n) is 8.46. The Kier molecular flexibility index (Phi) is 10.3. The van der Waals surface area contributed by atoms with E-state index in [1.807, 2.05) is 0 Å². The molecular weight excluding hydrogens is 500 g/mol. The largest absolute Gasteiger partial charge is 0.385 e. The third kappa shape index (κ3) is 7.02. The molecule has 1 saturated carbocycles. The van der Waals surface area contributed by atoms with Crippen LogP contribution in [0.5, 0.6) is 0 Å². The first-order valence-corrected chi connectivity index (χ1v) is 9.25. The van der Waals surface area contributed by atoms with Gasteiger partial charge in [-0.2, -0.15) is 0 Å². The van der Waals surface area contributed by atoms with E-state index in [1.54, 1.807) is 20.2 Å². The van der Waals surface area contributed by atoms with Gasteiger partial charge in [0.05, 0.1) is 0 Å². The Labute approximate surface area is 175 Å². The average molecular weight is 528 g/mol. The van der Waals surface area contributed by atoms with Crippen LogP contribution < -0.4 is 10.6 Å². The van der Waals surface area contributed by atoms with E-state index in [4.69, 9.17) is 4.74 Å². The Hall–Kier alpha value is -0.410. The van der Waals surface area contributed by atoms with Crippen molar-refractivity contribution in [1.29, 1.82) is 0 Å². The smallest absolute Gasteiger partial charge is 0.191 e. The zero-order valence-corrected chi connectivity index (χ0v) is 18.8. The van der Waals surface area contributed by atoms with E-state index in [-0.39, 0.29) is 29.8 Å². The summed E-state index contributed by atoms with van der Waals surface area (Å²) >= 11 is 3.45. The van der Waals surface area contributed by atoms with E-state index < -0.39 is 0 Å². The van der Waals surface area contributed by atoms with Gasteiger partial charge in [0, 0.05) is 38.3 Å². The molecule has 7 heteroatoms. The number of guanidine groups is 1. The lowest BCUT2D eigenvalue weighted by Crippen LogP contribution is -2.43. The molecule has 0 bridgehead atoms. The van der Waals surface area contributed by atoms with Crippen LogP contribution in [0.4, 0.5) is 4.39 Å². The van der Waals surface area contributed by atoms with Gasteiger partial charge in [0.15, 0.2) is 5.96 Å². The lowest BCUT2D eigenvalue weighted by molar-refractivity contribution is 0.138. The van der Waals surface area contributed by atoms with Gasteiger partial charge in [0.2, 0.25) is 0 Å². The summed E-state index contributed by atoms with van der Waals surface area (Å²) in [6.07, 6.45) is 6.11. The van der Waals surface area contributed by atoms with E-state index in [1.165, 1.54) is 37.8 Å². The summed E-state index contributed by atoms with van der Waals surface area (Å²) in [5, 5.41) is 6.70. The molecule has 0 radical (unpaired) electrons. The molecule has 0 amide bonds. The number of aliphatic imine (C=N–C) groups is 1. The lowest BCUT2D eigenvalue weighted by atomic mass is 9.83. The number of nitrogens with zero attached hydrogens (tertiary/aromatic N) is 1. The highest BCUT2D eigenvalue weighted by molar-refractivity contribution is 14.0. The van der Waals surface area contributed by atoms with Crippen molar-refractivity contribution >= 4 is 45.9 Å². The molecular formula is C18H28BrFIN3O. The van der Waals surface area contributed by atoms with Crippen molar-refractivity contribution in [3.8, 4) is 0 Å². The normalized spacial score (nSPS) is 16.4. The van der Waals surface area contributed by atoms with Gasteiger partial charge in [0.1, 0.15) is 5.82 Å². The second-order valence-electron chi connectivity index (χ2n) is 6.46. The molecule has 1 fully saturated rings. The Bertz CT molecular complexity index is 565. The summed E-state index contributed by atoms with van der Waals surface area (Å²) in [4.78, 5) is 4.28. The van der Waals surface area contributed by atoms with Crippen LogP contribution in [0.3, 0.4) is 0 Å². The molecule has 142 valence electrons. The van der Waals surface area contributed by atoms with Gasteiger partial charge < -0.3 is 15.4 Å². The van der Waals surface area contributed by atoms with Gasteiger partial charge in [-0.05, 0) is 48.4 Å². The molecule has 1 aliphatic rings. The highest BCUT2D eigenvalue weighted by atomic mass is 127. The number of benzene rings is 1. The summed E-state index contributed by atoms with van der Waals surface area (Å²) in [7, 11) is 3.51. The summed E-state index contributed by atoms with van der Waals surface area (Å²) in [6, 6.07) is 4.70. The van der Waals surface area contributed by atoms with Gasteiger partial charge in [-0.1, -0.05) is 28.8 Å². The van der Waals surface area contributed by atoms with Crippen LogP contribution in [0.2, 0.25) is 0 Å². The molecule has 0 atom stereocenters. The van der Waals surface area contributed by atoms with Crippen LogP contribution in [0.25, 0.3) is 0 Å². The molecule has 0 spiro atoms. The highest BCUT2D eigenvalue weighted by Crippen LogP contribution is 2.40. The first kappa shape index (κ1) is 22.6. The van der Waals surface area contributed by atoms with Crippen LogP contribution in [-0.2, 0) is 11.3 Å². The minimum Gasteiger partial charge on any atom is -0.385 e. The predicted molar refractivity (Wildman–Crippen MR) is 115 cm³/mol. The van der Waals surface area contributed by atoms with Gasteiger partial charge >= 0.3 is 0 Å². The summed E-state index contributed by atoms with van der Waals surface area (Å²) < 4.78 is 19.5. The standard InChI is InChI=1S/C18H27BrFN3O.HI/c1-21-17(22-12-14-11-15(20)5-6-16(14)19)23-13-18(9-10-24-2)7-3-4-8-18;/h5-6,11H,3-4,7-10,12-13H2,1-2H3,(H2,21,22,23);1H. The van der Waals surface area contributed by atoms with Crippen molar-refractivity contribution < 1.29 is 9.13 Å². The fourth-order valence-corrected chi connectivity index (χ4v) is 3.70. The third-order valence-corrected chi connectivity index (χ3v) is 5.58. The molecule has 4 nitrogen and oxygen atoms in total. The summed E-state index contributed by atoms with van der Waals surface area (Å²) in [5.41, 5.74) is 1.17. The third-order valence-electron chi connectivity index (χ3n) is 4.81. The zero-order chi connectivity index (χ0) is 17.4. The van der Waals surface area contributed by atoms with Crippen molar-refractivity contribution in [2.24, 2.45) is 10.4 Å². The van der Waals surface area contributed by atoms with Crippen molar-refractivity contribution in [1.82, 2.24) is 10.6 Å². The summed E-state index contributed by atoms with van der Waals surface area (Å²) in [5.74, 6) is 0.511. The van der Waals surface area contributed by atoms with Crippen molar-refractivity contribution in [3.05, 3.63) is 34.1 Å². The van der Waals surface area contributed by atoms with Crippen molar-refractivity contribution in [2.45, 2.75) is 38.6 Å². The number of hydrogen-bond acceptors (Lipinski definition) is 2. The molecule has 2 N–H and O–H groups in total. The van der Waals surface area contributed by atoms with Gasteiger partial charge in [-0.25, -0.2) is 4.39 Å². The van der Waals surface area contributed by atoms with E-state index in [0.29, 0.717) is 12.0 Å². The Morgan fingerprint density at radius 3 is 2.68 bits per heavy atom. The second-order valence-corrected chi connectivity index (χ2v) is 7.32. The SMILES string of the molecule is CN=C(NCc1cc(F)ccc1Br)NCC1(CCOC)CCCC1.I. The molecule has 0 aliphatic heterocycles. The van der Waals surface area contributed by atoms with Crippen LogP contribution >= 0.6 is 39.9 Å². The molecule has 0 unspecified atom stereocenters. The maximum atomic E-state index is 13.4. The van der Waals surface area contributed by atoms with Crippen LogP contribution in [0.15, 0.2) is 27.7 Å². The Balaban J connectivity index is 0.00000312. The van der Waals surface area contributed by atoms with E-state index in [9.17, 15) is 4.39 Å². The number of hydrogen-bond donors (Lipinski definition) is 2. The Morgan fingerprint density at radius 1 is 1.32 bits per heavy atom. The fraction of sp³-hybridized carbons (Fsp3) is 0.611. The number of nitrogens with one attached hydrogen (secondary N) is 2. The van der Waals surface area contributed by atoms with E-state index in [0.717, 1.165) is 35.6 Å². The van der Waals surface area contributed by atoms with Crippen LogP contribution in [0, 0.1) is 11.2 Å². The van der Waals surface area contributed by atoms with Crippen LogP contribution in [-0.4, -0.2) is 33.3 Å². The van der Waals surface area contributed by atoms with Crippen LogP contribution in [0.1, 0.15) is 37.7 Å². The average Bonchev–Trinajstić information content (AvgIpc) is 3.05. The fourth-order valence-electron chi connectivity index (χ4n) is 3.31. The molecule has 25 heavy (non-hydrogen) atoms. The quantitative estimate of drug-likeness (QED) is 0.312. The van der Waals surface area contributed by atoms with E-state index >= 15 is 0 Å². The minimum absolute atomic E-state index is 0. The van der Waals surface area contributed by atoms with Gasteiger partial charge in [0.25, 0.3) is 0 Å². The molecule has 1 aromatic carbocycles. The number of rotatable bonds is 7. The second kappa shape index (κ2) is 11.3. The number of methoxy groups -OCH3 is 1. The van der Waals surface area contributed by atoms with Crippen molar-refractivity contribution in [3.63, 3.8) is 0 Å². The minimum atomic E-state index is -0.234. The topological polar surface area (TPSA) is 45.7 Å². The van der Waals surface area contributed by atoms with Gasteiger partial charge in [-0.15, -0.1) is 24.0 Å². The lowest BCUT2D eigenvalue weighted by Gasteiger charge is -2.30. The first-order chi connectivity index (χ1) is 11.6. The predicted octanol–water partition coefficient (Wildman–Crippen LogP) is 4.47. The maximum Gasteiger partial charge on any atom is 0.191 e. The number of halogens is 3. The van der Waals surface area contributed by atoms with E-state index in [2.05, 4.69) is 31.6 Å². The molecule has 1 aromatic rings. The Morgan fingerprint density at radius 2 is 2.04 bits per heavy atom. The molecule has 1 aliphatic carbocycles. The molecule has 0 heterocycles. The zero-order valence-electron chi connectivity index (χ0n) is 14.9. The summed E-state index contributed by atoms with van der Waals surface area (Å²) in [6.45, 7) is 2.20. The molecule has 0 aromatic heterocycles. The molecule has 2 rings (SSSR count). The monoisotopic (exact) mass is 527 g/mol. The van der Waals surface area contributed by atoms with Crippen molar-refractivity contribution in [2.75, 3.05) is 27.3 Å². The highest BCUT2D eigenvalue weighted by Gasteiger charge is 2.33. The number of ether oxygens (including phenoxy) is 1. The van der Waals surface area contributed by atoms with Gasteiger partial charge in [-0.3, -0.25) is 4.99 Å². The maximum absolute atomic E-state index is 13.4. The molecule has 0 saturated heterocycles.